The van der Waals surface area contributed by atoms with Gasteiger partial charge in [0.1, 0.15) is 12.3 Å². The van der Waals surface area contributed by atoms with Crippen molar-refractivity contribution in [3.63, 3.8) is 0 Å². The number of nitrogens with zero attached hydrogens (tertiary/aromatic N) is 3. The zero-order valence-electron chi connectivity index (χ0n) is 17.6. The van der Waals surface area contributed by atoms with Crippen LogP contribution in [0.5, 0.6) is 5.75 Å². The molecule has 0 saturated carbocycles. The number of carbonyl (C=O) groups is 3. The smallest absolute Gasteiger partial charge is 0.409 e. The summed E-state index contributed by atoms with van der Waals surface area (Å²) in [5.41, 5.74) is 0.790. The molecule has 2 saturated heterocycles. The Kier molecular flexibility index (Phi) is 7.37. The molecule has 0 radical (unpaired) electrons. The van der Waals surface area contributed by atoms with Crippen LogP contribution in [0, 0.1) is 0 Å². The highest BCUT2D eigenvalue weighted by molar-refractivity contribution is 5.96. The number of carbonyl (C=O) groups excluding carboxylic acids is 3. The van der Waals surface area contributed by atoms with E-state index in [4.69, 9.17) is 9.47 Å². The van der Waals surface area contributed by atoms with Gasteiger partial charge in [-0.2, -0.15) is 0 Å². The van der Waals surface area contributed by atoms with E-state index in [1.54, 1.807) is 21.6 Å². The van der Waals surface area contributed by atoms with Crippen LogP contribution in [-0.2, 0) is 9.53 Å². The molecular weight excluding hydrogens is 388 g/mol. The third-order valence-electron chi connectivity index (χ3n) is 5.27. The molecule has 0 aliphatic carbocycles. The predicted molar refractivity (Wildman–Crippen MR) is 112 cm³/mol. The van der Waals surface area contributed by atoms with Crippen LogP contribution in [0.2, 0.25) is 0 Å². The molecule has 0 bridgehead atoms. The molecule has 2 aliphatic rings. The molecule has 0 unspecified atom stereocenters. The lowest BCUT2D eigenvalue weighted by molar-refractivity contribution is -0.122. The highest BCUT2D eigenvalue weighted by Crippen LogP contribution is 2.23. The summed E-state index contributed by atoms with van der Waals surface area (Å²) in [4.78, 5) is 41.8. The number of piperidine rings is 1. The number of benzene rings is 1. The van der Waals surface area contributed by atoms with Crippen LogP contribution < -0.4 is 15.0 Å². The lowest BCUT2D eigenvalue weighted by atomic mass is 10.1. The monoisotopic (exact) mass is 418 g/mol. The number of hydrogen-bond donors (Lipinski definition) is 1. The van der Waals surface area contributed by atoms with E-state index < -0.39 is 0 Å². The number of anilines is 1. The second-order valence-electron chi connectivity index (χ2n) is 7.31. The van der Waals surface area contributed by atoms with Gasteiger partial charge in [-0.25, -0.2) is 9.59 Å². The molecular formula is C21H30N4O5. The number of rotatable bonds is 7. The van der Waals surface area contributed by atoms with Crippen LogP contribution in [0.1, 0.15) is 26.7 Å². The van der Waals surface area contributed by atoms with Crippen LogP contribution in [-0.4, -0.2) is 79.8 Å². The molecule has 1 aromatic rings. The number of likely N-dealkylation sites (tertiary alicyclic amines) is 1. The van der Waals surface area contributed by atoms with E-state index in [1.807, 2.05) is 31.2 Å². The molecule has 0 spiro atoms. The Morgan fingerprint density at radius 2 is 1.73 bits per heavy atom. The maximum atomic E-state index is 12.7. The van der Waals surface area contributed by atoms with Crippen LogP contribution in [0.3, 0.4) is 0 Å². The molecule has 2 aliphatic heterocycles. The van der Waals surface area contributed by atoms with Gasteiger partial charge in [0.05, 0.1) is 13.2 Å². The maximum Gasteiger partial charge on any atom is 0.409 e. The third-order valence-corrected chi connectivity index (χ3v) is 5.27. The minimum absolute atomic E-state index is 0.00287. The molecule has 1 N–H and O–H groups in total. The van der Waals surface area contributed by atoms with Gasteiger partial charge in [-0.05, 0) is 51.0 Å². The number of urea groups is 1. The van der Waals surface area contributed by atoms with Gasteiger partial charge in [-0.1, -0.05) is 0 Å². The Bertz CT molecular complexity index is 746. The Morgan fingerprint density at radius 1 is 1.03 bits per heavy atom. The average molecular weight is 418 g/mol. The van der Waals surface area contributed by atoms with Crippen LogP contribution >= 0.6 is 0 Å². The Morgan fingerprint density at radius 3 is 2.37 bits per heavy atom. The first-order chi connectivity index (χ1) is 14.5. The second-order valence-corrected chi connectivity index (χ2v) is 7.31. The third kappa shape index (κ3) is 5.34. The predicted octanol–water partition coefficient (Wildman–Crippen LogP) is 2.06. The van der Waals surface area contributed by atoms with E-state index in [0.29, 0.717) is 52.2 Å². The first kappa shape index (κ1) is 21.7. The van der Waals surface area contributed by atoms with Crippen molar-refractivity contribution in [3.8, 4) is 5.75 Å². The summed E-state index contributed by atoms with van der Waals surface area (Å²) in [5.74, 6) is 0.588. The fourth-order valence-corrected chi connectivity index (χ4v) is 3.73. The minimum Gasteiger partial charge on any atom is -0.494 e. The van der Waals surface area contributed by atoms with E-state index in [9.17, 15) is 14.4 Å². The molecule has 0 atom stereocenters. The average Bonchev–Trinajstić information content (AvgIpc) is 3.09. The van der Waals surface area contributed by atoms with E-state index in [1.165, 1.54) is 0 Å². The minimum atomic E-state index is -0.306. The fraction of sp³-hybridized carbons (Fsp3) is 0.571. The van der Waals surface area contributed by atoms with Crippen molar-refractivity contribution >= 4 is 23.7 Å². The lowest BCUT2D eigenvalue weighted by Gasteiger charge is -2.31. The molecule has 4 amide bonds. The first-order valence-corrected chi connectivity index (χ1v) is 10.5. The molecule has 2 fully saturated rings. The summed E-state index contributed by atoms with van der Waals surface area (Å²) < 4.78 is 10.4. The van der Waals surface area contributed by atoms with Gasteiger partial charge in [0.15, 0.2) is 0 Å². The Hall–Kier alpha value is -2.97. The topological polar surface area (TPSA) is 91.4 Å². The molecule has 30 heavy (non-hydrogen) atoms. The summed E-state index contributed by atoms with van der Waals surface area (Å²) in [5, 5.41) is 2.99. The van der Waals surface area contributed by atoms with Crippen LogP contribution in [0.25, 0.3) is 0 Å². The van der Waals surface area contributed by atoms with E-state index in [0.717, 1.165) is 11.4 Å². The van der Waals surface area contributed by atoms with Gasteiger partial charge in [-0.15, -0.1) is 0 Å². The van der Waals surface area contributed by atoms with Crippen molar-refractivity contribution in [2.45, 2.75) is 32.7 Å². The summed E-state index contributed by atoms with van der Waals surface area (Å²) in [6.07, 6.45) is 1.05. The van der Waals surface area contributed by atoms with Crippen molar-refractivity contribution < 1.29 is 23.9 Å². The fourth-order valence-electron chi connectivity index (χ4n) is 3.73. The molecule has 9 heteroatoms. The SMILES string of the molecule is CCOC(=O)N1CCC(NC(=O)CN2CCN(c3ccc(OCC)cc3)C2=O)CC1. The molecule has 3 rings (SSSR count). The van der Waals surface area contributed by atoms with Gasteiger partial charge in [0, 0.05) is 37.9 Å². The number of nitrogens with one attached hydrogen (secondary N) is 1. The summed E-state index contributed by atoms with van der Waals surface area (Å²) in [7, 11) is 0. The summed E-state index contributed by atoms with van der Waals surface area (Å²) in [6, 6.07) is 7.21. The number of amides is 4. The quantitative estimate of drug-likeness (QED) is 0.732. The van der Waals surface area contributed by atoms with Gasteiger partial charge >= 0.3 is 12.1 Å². The van der Waals surface area contributed by atoms with Crippen LogP contribution in [0.15, 0.2) is 24.3 Å². The van der Waals surface area contributed by atoms with Crippen molar-refractivity contribution in [1.29, 1.82) is 0 Å². The number of hydrogen-bond acceptors (Lipinski definition) is 5. The van der Waals surface area contributed by atoms with Crippen molar-refractivity contribution in [2.75, 3.05) is 50.8 Å². The summed E-state index contributed by atoms with van der Waals surface area (Å²) in [6.45, 7) is 6.82. The van der Waals surface area contributed by atoms with E-state index in [-0.39, 0.29) is 30.6 Å². The zero-order chi connectivity index (χ0) is 21.5. The molecule has 2 heterocycles. The molecule has 9 nitrogen and oxygen atoms in total. The van der Waals surface area contributed by atoms with Crippen molar-refractivity contribution in [2.24, 2.45) is 0 Å². The zero-order valence-corrected chi connectivity index (χ0v) is 17.6. The highest BCUT2D eigenvalue weighted by Gasteiger charge is 2.32. The highest BCUT2D eigenvalue weighted by atomic mass is 16.6. The molecule has 0 aromatic heterocycles. The maximum absolute atomic E-state index is 12.7. The van der Waals surface area contributed by atoms with Crippen molar-refractivity contribution in [3.05, 3.63) is 24.3 Å². The molecule has 164 valence electrons. The van der Waals surface area contributed by atoms with Crippen LogP contribution in [0.4, 0.5) is 15.3 Å². The largest absolute Gasteiger partial charge is 0.494 e. The standard InChI is InChI=1S/C21H30N4O5/c1-3-29-18-7-5-17(6-8-18)25-14-13-24(20(25)27)15-19(26)22-16-9-11-23(12-10-16)21(28)30-4-2/h5-8,16H,3-4,9-15H2,1-2H3,(H,22,26). The van der Waals surface area contributed by atoms with E-state index >= 15 is 0 Å². The van der Waals surface area contributed by atoms with E-state index in [2.05, 4.69) is 5.32 Å². The summed E-state index contributed by atoms with van der Waals surface area (Å²) >= 11 is 0. The van der Waals surface area contributed by atoms with Gasteiger partial charge in [-0.3, -0.25) is 9.69 Å². The number of ether oxygens (including phenoxy) is 2. The van der Waals surface area contributed by atoms with Gasteiger partial charge in [0.2, 0.25) is 5.91 Å². The molecule has 1 aromatic carbocycles. The Balaban J connectivity index is 1.45. The Labute approximate surface area is 176 Å². The first-order valence-electron chi connectivity index (χ1n) is 10.5. The van der Waals surface area contributed by atoms with Gasteiger partial charge in [0.25, 0.3) is 0 Å². The lowest BCUT2D eigenvalue weighted by Crippen LogP contribution is -2.49. The van der Waals surface area contributed by atoms with Crippen molar-refractivity contribution in [1.82, 2.24) is 15.1 Å². The van der Waals surface area contributed by atoms with Gasteiger partial charge < -0.3 is 24.6 Å². The normalized spacial score (nSPS) is 17.3. The second kappa shape index (κ2) is 10.2.